The number of nitrogens with zero attached hydrogens (tertiary/aromatic N) is 3. The van der Waals surface area contributed by atoms with Gasteiger partial charge in [-0.15, -0.1) is 0 Å². The largest absolute Gasteiger partial charge is 0.441 e. The minimum Gasteiger partial charge on any atom is -0.441 e. The molecule has 0 saturated heterocycles. The molecule has 0 bridgehead atoms. The maximum absolute atomic E-state index is 12.0. The first kappa shape index (κ1) is 16.2. The second kappa shape index (κ2) is 7.27. The lowest BCUT2D eigenvalue weighted by Gasteiger charge is -2.10. The lowest BCUT2D eigenvalue weighted by atomic mass is 10.2. The minimum atomic E-state index is -0.228. The first-order valence-corrected chi connectivity index (χ1v) is 7.85. The van der Waals surface area contributed by atoms with Crippen LogP contribution in [0.4, 0.5) is 0 Å². The van der Waals surface area contributed by atoms with Gasteiger partial charge in [0.15, 0.2) is 11.7 Å². The Labute approximate surface area is 143 Å². The van der Waals surface area contributed by atoms with Crippen molar-refractivity contribution in [3.8, 4) is 11.3 Å². The van der Waals surface area contributed by atoms with Gasteiger partial charge in [0.2, 0.25) is 5.91 Å². The van der Waals surface area contributed by atoms with E-state index in [9.17, 15) is 4.79 Å². The number of H-pyrrole nitrogens is 1. The number of carbonyl (C=O) groups is 1. The fraction of sp³-hybridized carbons (Fsp3) is 0.250. The highest BCUT2D eigenvalue weighted by atomic mass is 35.5. The summed E-state index contributed by atoms with van der Waals surface area (Å²) in [6.07, 6.45) is 3.75. The number of halogens is 1. The molecule has 124 valence electrons. The van der Waals surface area contributed by atoms with Gasteiger partial charge in [-0.2, -0.15) is 5.10 Å². The number of amides is 1. The Morgan fingerprint density at radius 2 is 2.12 bits per heavy atom. The third-order valence-electron chi connectivity index (χ3n) is 3.47. The van der Waals surface area contributed by atoms with Gasteiger partial charge in [0.1, 0.15) is 12.2 Å². The number of benzene rings is 1. The van der Waals surface area contributed by atoms with Gasteiger partial charge >= 0.3 is 0 Å². The van der Waals surface area contributed by atoms with Gasteiger partial charge in [-0.25, -0.2) is 9.97 Å². The predicted octanol–water partition coefficient (Wildman–Crippen LogP) is 2.92. The van der Waals surface area contributed by atoms with E-state index in [1.807, 2.05) is 19.1 Å². The van der Waals surface area contributed by atoms with Gasteiger partial charge in [-0.3, -0.25) is 9.89 Å². The Morgan fingerprint density at radius 3 is 2.83 bits per heavy atom. The first-order valence-electron chi connectivity index (χ1n) is 7.47. The highest BCUT2D eigenvalue weighted by Gasteiger charge is 2.13. The van der Waals surface area contributed by atoms with E-state index < -0.39 is 0 Å². The van der Waals surface area contributed by atoms with E-state index in [-0.39, 0.29) is 18.4 Å². The van der Waals surface area contributed by atoms with Crippen LogP contribution in [0.15, 0.2) is 41.2 Å². The number of hydrogen-bond donors (Lipinski definition) is 2. The van der Waals surface area contributed by atoms with Crippen molar-refractivity contribution in [3.05, 3.63) is 53.5 Å². The van der Waals surface area contributed by atoms with Crippen LogP contribution in [-0.2, 0) is 11.2 Å². The van der Waals surface area contributed by atoms with Crippen LogP contribution in [0, 0.1) is 0 Å². The van der Waals surface area contributed by atoms with E-state index in [0.717, 1.165) is 5.56 Å². The average molecular weight is 346 g/mol. The molecule has 7 nitrogen and oxygen atoms in total. The van der Waals surface area contributed by atoms with Crippen LogP contribution >= 0.6 is 11.6 Å². The standard InChI is InChI=1S/C16H16ClN5O2/c1-10(16-19-9-20-22-16)21-14(23)6-7-15-18-8-13(24-15)11-2-4-12(17)5-3-11/h2-5,8-10H,6-7H2,1H3,(H,21,23)(H,19,20,22). The van der Waals surface area contributed by atoms with Crippen molar-refractivity contribution in [1.82, 2.24) is 25.5 Å². The number of aromatic amines is 1. The van der Waals surface area contributed by atoms with Crippen molar-refractivity contribution in [3.63, 3.8) is 0 Å². The predicted molar refractivity (Wildman–Crippen MR) is 88.2 cm³/mol. The SMILES string of the molecule is CC(NC(=O)CCc1ncc(-c2ccc(Cl)cc2)o1)c1ncn[nH]1. The highest BCUT2D eigenvalue weighted by molar-refractivity contribution is 6.30. The van der Waals surface area contributed by atoms with E-state index in [1.54, 1.807) is 18.3 Å². The van der Waals surface area contributed by atoms with Crippen molar-refractivity contribution in [2.45, 2.75) is 25.8 Å². The molecular formula is C16H16ClN5O2. The van der Waals surface area contributed by atoms with E-state index >= 15 is 0 Å². The van der Waals surface area contributed by atoms with Crippen LogP contribution in [-0.4, -0.2) is 26.1 Å². The second-order valence-corrected chi connectivity index (χ2v) is 5.72. The van der Waals surface area contributed by atoms with E-state index in [1.165, 1.54) is 6.33 Å². The normalized spacial score (nSPS) is 12.1. The van der Waals surface area contributed by atoms with E-state index in [0.29, 0.717) is 28.9 Å². The van der Waals surface area contributed by atoms with Gasteiger partial charge < -0.3 is 9.73 Å². The summed E-state index contributed by atoms with van der Waals surface area (Å²) >= 11 is 5.87. The summed E-state index contributed by atoms with van der Waals surface area (Å²) in [5, 5.41) is 9.99. The molecule has 1 aromatic carbocycles. The zero-order valence-corrected chi connectivity index (χ0v) is 13.7. The summed E-state index contributed by atoms with van der Waals surface area (Å²) in [7, 11) is 0. The van der Waals surface area contributed by atoms with Crippen molar-refractivity contribution in [1.29, 1.82) is 0 Å². The summed E-state index contributed by atoms with van der Waals surface area (Å²) in [5.41, 5.74) is 0.890. The van der Waals surface area contributed by atoms with Crippen molar-refractivity contribution in [2.75, 3.05) is 0 Å². The second-order valence-electron chi connectivity index (χ2n) is 5.29. The number of aryl methyl sites for hydroxylation is 1. The van der Waals surface area contributed by atoms with Gasteiger partial charge in [0.05, 0.1) is 12.2 Å². The number of rotatable bonds is 6. The zero-order chi connectivity index (χ0) is 16.9. The number of oxazole rings is 1. The lowest BCUT2D eigenvalue weighted by molar-refractivity contribution is -0.121. The molecule has 3 aromatic rings. The maximum atomic E-state index is 12.0. The topological polar surface area (TPSA) is 96.7 Å². The lowest BCUT2D eigenvalue weighted by Crippen LogP contribution is -2.27. The van der Waals surface area contributed by atoms with Crippen LogP contribution in [0.2, 0.25) is 5.02 Å². The fourth-order valence-corrected chi connectivity index (χ4v) is 2.33. The molecule has 0 aliphatic heterocycles. The molecule has 3 rings (SSSR count). The van der Waals surface area contributed by atoms with E-state index in [2.05, 4.69) is 25.5 Å². The molecule has 0 aliphatic carbocycles. The molecule has 0 aliphatic rings. The van der Waals surface area contributed by atoms with Crippen molar-refractivity contribution < 1.29 is 9.21 Å². The summed E-state index contributed by atoms with van der Waals surface area (Å²) in [6.45, 7) is 1.84. The molecule has 0 fully saturated rings. The Balaban J connectivity index is 1.53. The first-order chi connectivity index (χ1) is 11.6. The van der Waals surface area contributed by atoms with Crippen LogP contribution in [0.25, 0.3) is 11.3 Å². The molecule has 24 heavy (non-hydrogen) atoms. The van der Waals surface area contributed by atoms with Crippen LogP contribution in [0.1, 0.15) is 31.1 Å². The number of carbonyl (C=O) groups excluding carboxylic acids is 1. The van der Waals surface area contributed by atoms with E-state index in [4.69, 9.17) is 16.0 Å². The molecule has 1 amide bonds. The fourth-order valence-electron chi connectivity index (χ4n) is 2.20. The van der Waals surface area contributed by atoms with Gasteiger partial charge in [-0.1, -0.05) is 11.6 Å². The molecule has 1 atom stereocenters. The molecule has 0 radical (unpaired) electrons. The average Bonchev–Trinajstić information content (AvgIpc) is 3.25. The van der Waals surface area contributed by atoms with Crippen molar-refractivity contribution >= 4 is 17.5 Å². The Morgan fingerprint density at radius 1 is 1.33 bits per heavy atom. The molecule has 2 N–H and O–H groups in total. The highest BCUT2D eigenvalue weighted by Crippen LogP contribution is 2.22. The maximum Gasteiger partial charge on any atom is 0.221 e. The third-order valence-corrected chi connectivity index (χ3v) is 3.72. The summed E-state index contributed by atoms with van der Waals surface area (Å²) in [6, 6.07) is 7.07. The summed E-state index contributed by atoms with van der Waals surface area (Å²) < 4.78 is 5.67. The van der Waals surface area contributed by atoms with Crippen LogP contribution < -0.4 is 5.32 Å². The van der Waals surface area contributed by atoms with Gasteiger partial charge in [-0.05, 0) is 31.2 Å². The Hall–Kier alpha value is -2.67. The quantitative estimate of drug-likeness (QED) is 0.716. The molecule has 8 heteroatoms. The zero-order valence-electron chi connectivity index (χ0n) is 13.0. The van der Waals surface area contributed by atoms with Crippen LogP contribution in [0.5, 0.6) is 0 Å². The smallest absolute Gasteiger partial charge is 0.221 e. The molecule has 0 spiro atoms. The van der Waals surface area contributed by atoms with Gasteiger partial charge in [0.25, 0.3) is 0 Å². The number of aromatic nitrogens is 4. The molecule has 0 saturated carbocycles. The number of hydrogen-bond acceptors (Lipinski definition) is 5. The van der Waals surface area contributed by atoms with Gasteiger partial charge in [0, 0.05) is 23.4 Å². The molecule has 2 heterocycles. The molecule has 2 aromatic heterocycles. The number of nitrogens with one attached hydrogen (secondary N) is 2. The van der Waals surface area contributed by atoms with Crippen LogP contribution in [0.3, 0.4) is 0 Å². The molecular weight excluding hydrogens is 330 g/mol. The Bertz CT molecular complexity index is 798. The third kappa shape index (κ3) is 3.99. The Kier molecular flexibility index (Phi) is 4.90. The summed E-state index contributed by atoms with van der Waals surface area (Å²) in [4.78, 5) is 20.2. The summed E-state index contributed by atoms with van der Waals surface area (Å²) in [5.74, 6) is 1.68. The minimum absolute atomic E-state index is 0.106. The van der Waals surface area contributed by atoms with Crippen molar-refractivity contribution in [2.24, 2.45) is 0 Å². The molecule has 1 unspecified atom stereocenters. The monoisotopic (exact) mass is 345 g/mol.